The monoisotopic (exact) mass is 204 g/mol. The van der Waals surface area contributed by atoms with E-state index in [-0.39, 0.29) is 5.75 Å². The maximum absolute atomic E-state index is 10.4. The Bertz CT molecular complexity index is 326. The predicted octanol–water partition coefficient (Wildman–Crippen LogP) is 1.54. The number of hydrogen-bond donors (Lipinski definition) is 1. The van der Waals surface area contributed by atoms with Crippen LogP contribution in [0.4, 0.5) is 0 Å². The lowest BCUT2D eigenvalue weighted by atomic mass is 10.1. The van der Waals surface area contributed by atoms with Crippen LogP contribution in [0.5, 0.6) is 0 Å². The van der Waals surface area contributed by atoms with Crippen molar-refractivity contribution in [1.29, 1.82) is 0 Å². The third kappa shape index (κ3) is 2.50. The lowest BCUT2D eigenvalue weighted by Gasteiger charge is -2.01. The van der Waals surface area contributed by atoms with Gasteiger partial charge in [-0.25, -0.2) is 8.42 Å². The molecule has 0 aliphatic carbocycles. The van der Waals surface area contributed by atoms with E-state index in [4.69, 9.17) is 11.6 Å². The zero-order valence-corrected chi connectivity index (χ0v) is 8.02. The number of halogens is 1. The van der Waals surface area contributed by atoms with Gasteiger partial charge in [0, 0.05) is 5.88 Å². The van der Waals surface area contributed by atoms with Crippen molar-refractivity contribution in [2.24, 2.45) is 0 Å². The van der Waals surface area contributed by atoms with E-state index in [1.165, 1.54) is 0 Å². The Morgan fingerprint density at radius 2 is 1.75 bits per heavy atom. The average Bonchev–Trinajstić information content (AvgIpc) is 2.04. The van der Waals surface area contributed by atoms with Crippen molar-refractivity contribution < 1.29 is 8.42 Å². The molecule has 0 saturated heterocycles. The molecule has 0 radical (unpaired) electrons. The van der Waals surface area contributed by atoms with Gasteiger partial charge in [0.25, 0.3) is 0 Å². The van der Waals surface area contributed by atoms with Gasteiger partial charge in [0.15, 0.2) is 0 Å². The number of alkyl halides is 1. The fraction of sp³-hybridized carbons (Fsp3) is 0.250. The molecule has 0 atom stereocenters. The van der Waals surface area contributed by atoms with Gasteiger partial charge in [-0.1, -0.05) is 24.3 Å². The Kier molecular flexibility index (Phi) is 3.56. The highest BCUT2D eigenvalue weighted by Crippen LogP contribution is 2.11. The van der Waals surface area contributed by atoms with Gasteiger partial charge in [-0.15, -0.1) is 11.6 Å². The van der Waals surface area contributed by atoms with Crippen LogP contribution in [0.1, 0.15) is 11.1 Å². The van der Waals surface area contributed by atoms with Crippen LogP contribution < -0.4 is 0 Å². The molecule has 2 nitrogen and oxygen atoms in total. The molecule has 1 aromatic rings. The van der Waals surface area contributed by atoms with Crippen molar-refractivity contribution in [2.75, 3.05) is 0 Å². The van der Waals surface area contributed by atoms with E-state index in [1.807, 2.05) is 18.2 Å². The highest BCUT2D eigenvalue weighted by molar-refractivity contribution is 7.71. The molecule has 0 aliphatic heterocycles. The Morgan fingerprint density at radius 1 is 1.17 bits per heavy atom. The van der Waals surface area contributed by atoms with Gasteiger partial charge in [0.2, 0.25) is 0 Å². The molecule has 0 heterocycles. The normalized spacial score (nSPS) is 10.5. The lowest BCUT2D eigenvalue weighted by Crippen LogP contribution is -1.92. The molecule has 0 amide bonds. The van der Waals surface area contributed by atoms with Gasteiger partial charge in [0.05, 0.1) is 5.75 Å². The lowest BCUT2D eigenvalue weighted by molar-refractivity contribution is 0.614. The second-order valence-electron chi connectivity index (χ2n) is 2.39. The molecule has 0 bridgehead atoms. The van der Waals surface area contributed by atoms with Crippen molar-refractivity contribution in [2.45, 2.75) is 11.6 Å². The standard InChI is InChI=1S/C8H9ClO2S/c9-5-7-3-1-2-4-8(7)6-12(10)11/h1-4,12H,5-6H2. The maximum Gasteiger partial charge on any atom is 0.144 e. The summed E-state index contributed by atoms with van der Waals surface area (Å²) in [5, 5.41) is 0. The van der Waals surface area contributed by atoms with Crippen LogP contribution in [0.2, 0.25) is 0 Å². The molecule has 0 saturated carbocycles. The zero-order chi connectivity index (χ0) is 8.97. The number of hydrogen-bond acceptors (Lipinski definition) is 2. The molecule has 12 heavy (non-hydrogen) atoms. The maximum atomic E-state index is 10.4. The summed E-state index contributed by atoms with van der Waals surface area (Å²) in [4.78, 5) is 0. The Hall–Kier alpha value is -0.540. The first-order valence-electron chi connectivity index (χ1n) is 3.48. The van der Waals surface area contributed by atoms with Crippen LogP contribution in [0, 0.1) is 0 Å². The summed E-state index contributed by atoms with van der Waals surface area (Å²) >= 11 is 5.62. The van der Waals surface area contributed by atoms with E-state index < -0.39 is 10.7 Å². The third-order valence-corrected chi connectivity index (χ3v) is 2.45. The van der Waals surface area contributed by atoms with E-state index in [0.717, 1.165) is 11.1 Å². The minimum atomic E-state index is -2.36. The van der Waals surface area contributed by atoms with E-state index in [9.17, 15) is 8.42 Å². The second-order valence-corrected chi connectivity index (χ2v) is 3.64. The zero-order valence-electron chi connectivity index (χ0n) is 6.37. The minimum absolute atomic E-state index is 0.0816. The molecule has 0 unspecified atom stereocenters. The third-order valence-electron chi connectivity index (χ3n) is 1.56. The van der Waals surface area contributed by atoms with Gasteiger partial charge in [-0.2, -0.15) is 0 Å². The first kappa shape index (κ1) is 9.55. The summed E-state index contributed by atoms with van der Waals surface area (Å²) in [6.45, 7) is 0. The summed E-state index contributed by atoms with van der Waals surface area (Å²) in [5.74, 6) is 0.442. The largest absolute Gasteiger partial charge is 0.232 e. The Labute approximate surface area is 78.1 Å². The predicted molar refractivity (Wildman–Crippen MR) is 50.0 cm³/mol. The second kappa shape index (κ2) is 4.48. The number of benzene rings is 1. The highest BCUT2D eigenvalue weighted by atomic mass is 35.5. The topological polar surface area (TPSA) is 34.1 Å². The first-order valence-corrected chi connectivity index (χ1v) is 5.38. The molecule has 0 aromatic heterocycles. The molecule has 0 aliphatic rings. The molecule has 66 valence electrons. The molecule has 0 spiro atoms. The van der Waals surface area contributed by atoms with Crippen molar-refractivity contribution in [3.63, 3.8) is 0 Å². The van der Waals surface area contributed by atoms with Crippen LogP contribution in [-0.4, -0.2) is 8.42 Å². The SMILES string of the molecule is O=[SH](=O)Cc1ccccc1CCl. The summed E-state index contributed by atoms with van der Waals surface area (Å²) in [7, 11) is -2.36. The van der Waals surface area contributed by atoms with E-state index in [1.54, 1.807) is 6.07 Å². The molecule has 0 fully saturated rings. The first-order chi connectivity index (χ1) is 5.74. The molecule has 0 N–H and O–H groups in total. The molecule has 4 heteroatoms. The Balaban J connectivity index is 2.96. The van der Waals surface area contributed by atoms with Crippen LogP contribution in [-0.2, 0) is 22.3 Å². The fourth-order valence-electron chi connectivity index (χ4n) is 0.981. The number of thiol groups is 1. The summed E-state index contributed by atoms with van der Waals surface area (Å²) < 4.78 is 20.9. The van der Waals surface area contributed by atoms with E-state index >= 15 is 0 Å². The van der Waals surface area contributed by atoms with Crippen molar-refractivity contribution in [3.8, 4) is 0 Å². The average molecular weight is 205 g/mol. The van der Waals surface area contributed by atoms with Crippen LogP contribution >= 0.6 is 11.6 Å². The highest BCUT2D eigenvalue weighted by Gasteiger charge is 2.00. The Morgan fingerprint density at radius 3 is 2.25 bits per heavy atom. The smallest absolute Gasteiger partial charge is 0.144 e. The van der Waals surface area contributed by atoms with Crippen LogP contribution in [0.3, 0.4) is 0 Å². The van der Waals surface area contributed by atoms with Gasteiger partial charge in [-0.05, 0) is 11.1 Å². The molecular weight excluding hydrogens is 196 g/mol. The summed E-state index contributed by atoms with van der Waals surface area (Å²) in [6, 6.07) is 7.27. The fourth-order valence-corrected chi connectivity index (χ4v) is 1.83. The van der Waals surface area contributed by atoms with Gasteiger partial charge >= 0.3 is 0 Å². The van der Waals surface area contributed by atoms with Crippen molar-refractivity contribution in [1.82, 2.24) is 0 Å². The summed E-state index contributed by atoms with van der Waals surface area (Å²) in [6.07, 6.45) is 0. The van der Waals surface area contributed by atoms with Gasteiger partial charge in [0.1, 0.15) is 10.7 Å². The van der Waals surface area contributed by atoms with E-state index in [2.05, 4.69) is 0 Å². The quantitative estimate of drug-likeness (QED) is 0.599. The van der Waals surface area contributed by atoms with Crippen LogP contribution in [0.25, 0.3) is 0 Å². The van der Waals surface area contributed by atoms with Crippen LogP contribution in [0.15, 0.2) is 24.3 Å². The molecule has 1 rings (SSSR count). The van der Waals surface area contributed by atoms with Crippen molar-refractivity contribution in [3.05, 3.63) is 35.4 Å². The van der Waals surface area contributed by atoms with E-state index in [0.29, 0.717) is 5.88 Å². The van der Waals surface area contributed by atoms with Crippen molar-refractivity contribution >= 4 is 22.3 Å². The molecular formula is C8H9ClO2S. The summed E-state index contributed by atoms with van der Waals surface area (Å²) in [5.41, 5.74) is 1.68. The van der Waals surface area contributed by atoms with Gasteiger partial charge < -0.3 is 0 Å². The van der Waals surface area contributed by atoms with Gasteiger partial charge in [-0.3, -0.25) is 0 Å². The number of rotatable bonds is 3. The minimum Gasteiger partial charge on any atom is -0.232 e. The molecule has 1 aromatic carbocycles.